The Bertz CT molecular complexity index is 867. The molecule has 10 atom stereocenters. The second-order valence-electron chi connectivity index (χ2n) is 11.3. The quantitative estimate of drug-likeness (QED) is 0.0888. The maximum Gasteiger partial charge on any atom is 0.309 e. The summed E-state index contributed by atoms with van der Waals surface area (Å²) in [5.74, 6) is -1.40. The first-order valence-electron chi connectivity index (χ1n) is 13.9. The summed E-state index contributed by atoms with van der Waals surface area (Å²) in [5, 5.41) is 42.0. The van der Waals surface area contributed by atoms with Gasteiger partial charge in [-0.2, -0.15) is 0 Å². The first kappa shape index (κ1) is 35.8. The number of carbonyl (C=O) groups excluding carboxylic acids is 2. The molecule has 224 valence electrons. The molecule has 0 aromatic rings. The second kappa shape index (κ2) is 16.9. The van der Waals surface area contributed by atoms with Crippen LogP contribution in [0.5, 0.6) is 0 Å². The Morgan fingerprint density at radius 3 is 2.51 bits per heavy atom. The van der Waals surface area contributed by atoms with E-state index in [-0.39, 0.29) is 40.9 Å². The molecule has 0 amide bonds. The first-order valence-corrected chi connectivity index (χ1v) is 15.1. The summed E-state index contributed by atoms with van der Waals surface area (Å²) >= 11 is 2.24. The van der Waals surface area contributed by atoms with Gasteiger partial charge in [-0.15, -0.1) is 0 Å². The summed E-state index contributed by atoms with van der Waals surface area (Å²) in [6.07, 6.45) is 6.94. The zero-order chi connectivity index (χ0) is 29.9. The molecular formula is C30H49IO8. The summed E-state index contributed by atoms with van der Waals surface area (Å²) in [6.45, 7) is 12.4. The third kappa shape index (κ3) is 12.4. The predicted molar refractivity (Wildman–Crippen MR) is 160 cm³/mol. The number of alkyl halides is 1. The maximum absolute atomic E-state index is 12.6. The van der Waals surface area contributed by atoms with Gasteiger partial charge < -0.3 is 29.9 Å². The van der Waals surface area contributed by atoms with Crippen LogP contribution in [0.2, 0.25) is 0 Å². The van der Waals surface area contributed by atoms with Crippen LogP contribution in [0.15, 0.2) is 36.0 Å². The molecule has 1 rings (SSSR count). The van der Waals surface area contributed by atoms with Crippen LogP contribution in [0.1, 0.15) is 80.6 Å². The number of carbonyl (C=O) groups is 2. The Kier molecular flexibility index (Phi) is 15.5. The fourth-order valence-corrected chi connectivity index (χ4v) is 6.08. The summed E-state index contributed by atoms with van der Waals surface area (Å²) in [4.78, 5) is 24.3. The highest BCUT2D eigenvalue weighted by molar-refractivity contribution is 14.1. The lowest BCUT2D eigenvalue weighted by molar-refractivity contribution is -0.157. The van der Waals surface area contributed by atoms with Gasteiger partial charge in [-0.05, 0) is 57.1 Å². The van der Waals surface area contributed by atoms with Gasteiger partial charge in [0.05, 0.1) is 24.7 Å². The van der Waals surface area contributed by atoms with Gasteiger partial charge in [0.15, 0.2) is 0 Å². The molecule has 1 aliphatic rings. The van der Waals surface area contributed by atoms with Crippen LogP contribution in [0, 0.1) is 17.8 Å². The molecular weight excluding hydrogens is 615 g/mol. The van der Waals surface area contributed by atoms with E-state index in [1.54, 1.807) is 19.1 Å². The number of esters is 2. The highest BCUT2D eigenvalue weighted by Gasteiger charge is 2.35. The van der Waals surface area contributed by atoms with E-state index in [9.17, 15) is 30.0 Å². The molecule has 0 spiro atoms. The summed E-state index contributed by atoms with van der Waals surface area (Å²) < 4.78 is 11.1. The summed E-state index contributed by atoms with van der Waals surface area (Å²) in [5.41, 5.74) is -0.626. The topological polar surface area (TPSA) is 134 Å². The van der Waals surface area contributed by atoms with Crippen LogP contribution >= 0.6 is 22.6 Å². The molecule has 0 saturated carbocycles. The van der Waals surface area contributed by atoms with Crippen molar-refractivity contribution in [3.63, 3.8) is 0 Å². The van der Waals surface area contributed by atoms with E-state index in [0.29, 0.717) is 6.42 Å². The number of ether oxygens (including phenoxy) is 2. The van der Waals surface area contributed by atoms with E-state index in [1.165, 1.54) is 6.92 Å². The lowest BCUT2D eigenvalue weighted by atomic mass is 9.88. The van der Waals surface area contributed by atoms with Crippen LogP contribution < -0.4 is 0 Å². The molecule has 0 aliphatic carbocycles. The van der Waals surface area contributed by atoms with E-state index in [1.807, 2.05) is 45.9 Å². The molecule has 9 heteroatoms. The van der Waals surface area contributed by atoms with E-state index in [2.05, 4.69) is 29.5 Å². The zero-order valence-corrected chi connectivity index (χ0v) is 26.6. The molecule has 0 aromatic carbocycles. The molecule has 1 aliphatic heterocycles. The number of hydrogen-bond acceptors (Lipinski definition) is 8. The van der Waals surface area contributed by atoms with Crippen LogP contribution in [0.4, 0.5) is 0 Å². The number of cyclic esters (lactones) is 1. The molecule has 4 N–H and O–H groups in total. The number of hydrogen-bond donors (Lipinski definition) is 4. The van der Waals surface area contributed by atoms with Gasteiger partial charge in [-0.25, -0.2) is 0 Å². The largest absolute Gasteiger partial charge is 0.457 e. The Balaban J connectivity index is 3.07. The van der Waals surface area contributed by atoms with E-state index in [0.717, 1.165) is 12.0 Å². The highest BCUT2D eigenvalue weighted by atomic mass is 127. The molecule has 0 saturated heterocycles. The number of halogens is 1. The van der Waals surface area contributed by atoms with Crippen molar-refractivity contribution in [2.24, 2.45) is 17.8 Å². The minimum Gasteiger partial charge on any atom is -0.457 e. The van der Waals surface area contributed by atoms with Gasteiger partial charge in [0.2, 0.25) is 0 Å². The monoisotopic (exact) mass is 664 g/mol. The first-order chi connectivity index (χ1) is 18.1. The lowest BCUT2D eigenvalue weighted by Crippen LogP contribution is -2.42. The van der Waals surface area contributed by atoms with Crippen molar-refractivity contribution in [2.75, 3.05) is 0 Å². The Labute approximate surface area is 247 Å². The molecule has 10 unspecified atom stereocenters. The molecule has 1 heterocycles. The molecule has 8 nitrogen and oxygen atoms in total. The number of rotatable bonds is 10. The normalized spacial score (nSPS) is 32.2. The number of aliphatic hydroxyl groups is 4. The van der Waals surface area contributed by atoms with Crippen LogP contribution in [0.3, 0.4) is 0 Å². The van der Waals surface area contributed by atoms with Crippen molar-refractivity contribution in [1.82, 2.24) is 0 Å². The molecule has 0 radical (unpaired) electrons. The van der Waals surface area contributed by atoms with E-state index >= 15 is 0 Å². The van der Waals surface area contributed by atoms with Gasteiger partial charge >= 0.3 is 11.9 Å². The molecule has 0 bridgehead atoms. The van der Waals surface area contributed by atoms with Crippen LogP contribution in [-0.2, 0) is 19.1 Å². The van der Waals surface area contributed by atoms with Gasteiger partial charge in [0.25, 0.3) is 0 Å². The standard InChI is InChI=1S/C30H49IO8/c1-8-25(34)21(5)28(36)24(31)16-18(2)10-9-11-19(3)29-20(4)12-13-26(38-22(6)32)30(7,37)15-14-23(33)17-27(35)39-29/h9-13,18,20-21,23-26,28-29,33-34,36-37H,8,14-17H2,1-7H3/b10-9+,13-12+,19-11+. The van der Waals surface area contributed by atoms with Gasteiger partial charge in [-0.3, -0.25) is 9.59 Å². The second-order valence-corrected chi connectivity index (χ2v) is 12.9. The molecule has 39 heavy (non-hydrogen) atoms. The van der Waals surface area contributed by atoms with Gasteiger partial charge in [0.1, 0.15) is 17.8 Å². The fraction of sp³-hybridized carbons (Fsp3) is 0.733. The van der Waals surface area contributed by atoms with Crippen LogP contribution in [-0.4, -0.2) is 72.4 Å². The van der Waals surface area contributed by atoms with Crippen molar-refractivity contribution in [2.45, 2.75) is 121 Å². The number of allylic oxidation sites excluding steroid dienone is 3. The van der Waals surface area contributed by atoms with Crippen molar-refractivity contribution in [3.05, 3.63) is 36.0 Å². The minimum absolute atomic E-state index is 0.0187. The SMILES string of the molecule is CCC(O)C(C)C(O)C(I)CC(C)/C=C/C=C(\C)C1OC(=O)CC(O)CCC(C)(O)C(OC(C)=O)/C=C/C1C. The van der Waals surface area contributed by atoms with Crippen molar-refractivity contribution in [3.8, 4) is 0 Å². The fourth-order valence-electron chi connectivity index (χ4n) is 4.62. The van der Waals surface area contributed by atoms with Gasteiger partial charge in [-0.1, -0.05) is 74.6 Å². The minimum atomic E-state index is -1.41. The molecule has 0 aromatic heterocycles. The van der Waals surface area contributed by atoms with Crippen molar-refractivity contribution in [1.29, 1.82) is 0 Å². The average molecular weight is 665 g/mol. The maximum atomic E-state index is 12.6. The molecule has 0 fully saturated rings. The summed E-state index contributed by atoms with van der Waals surface area (Å²) in [6, 6.07) is 0. The average Bonchev–Trinajstić information content (AvgIpc) is 2.85. The number of aliphatic hydroxyl groups excluding tert-OH is 3. The predicted octanol–water partition coefficient (Wildman–Crippen LogP) is 4.42. The van der Waals surface area contributed by atoms with E-state index < -0.39 is 48.1 Å². The third-order valence-electron chi connectivity index (χ3n) is 7.40. The zero-order valence-electron chi connectivity index (χ0n) is 24.4. The Hall–Kier alpha value is -1.27. The third-order valence-corrected chi connectivity index (χ3v) is 8.64. The van der Waals surface area contributed by atoms with Crippen molar-refractivity contribution >= 4 is 34.5 Å². The lowest BCUT2D eigenvalue weighted by Gasteiger charge is -2.32. The van der Waals surface area contributed by atoms with Crippen LogP contribution in [0.25, 0.3) is 0 Å². The van der Waals surface area contributed by atoms with Gasteiger partial charge in [0, 0.05) is 22.7 Å². The van der Waals surface area contributed by atoms with E-state index in [4.69, 9.17) is 9.47 Å². The smallest absolute Gasteiger partial charge is 0.309 e. The summed E-state index contributed by atoms with van der Waals surface area (Å²) in [7, 11) is 0. The van der Waals surface area contributed by atoms with Crippen molar-refractivity contribution < 1.29 is 39.5 Å². The highest BCUT2D eigenvalue weighted by Crippen LogP contribution is 2.28. The Morgan fingerprint density at radius 2 is 1.92 bits per heavy atom. The Morgan fingerprint density at radius 1 is 1.28 bits per heavy atom.